The second-order valence-electron chi connectivity index (χ2n) is 4.50. The quantitative estimate of drug-likeness (QED) is 0.807. The van der Waals surface area contributed by atoms with Gasteiger partial charge in [0, 0.05) is 6.07 Å². The number of aromatic nitrogens is 2. The lowest BCUT2D eigenvalue weighted by Crippen LogP contribution is -2.21. The number of ether oxygens (including phenoxy) is 1. The Bertz CT molecular complexity index is 788. The van der Waals surface area contributed by atoms with Crippen LogP contribution in [-0.4, -0.2) is 35.2 Å². The number of nitrogens with zero attached hydrogens (tertiary/aromatic N) is 1. The fraction of sp³-hybridized carbons (Fsp3) is 0.200. The van der Waals surface area contributed by atoms with Crippen LogP contribution in [0.2, 0.25) is 0 Å². The van der Waals surface area contributed by atoms with Gasteiger partial charge in [0.1, 0.15) is 11.5 Å². The number of hydrogen-bond donors (Lipinski definition) is 2. The van der Waals surface area contributed by atoms with Gasteiger partial charge in [0.15, 0.2) is 0 Å². The van der Waals surface area contributed by atoms with E-state index in [4.69, 9.17) is 0 Å². The Labute approximate surface area is 136 Å². The number of H-pyrrole nitrogens is 1. The number of amides is 1. The molecule has 23 heavy (non-hydrogen) atoms. The van der Waals surface area contributed by atoms with E-state index in [9.17, 15) is 14.4 Å². The second kappa shape index (κ2) is 7.59. The number of esters is 1. The van der Waals surface area contributed by atoms with Gasteiger partial charge in [-0.05, 0) is 18.4 Å². The van der Waals surface area contributed by atoms with E-state index in [0.29, 0.717) is 11.6 Å². The van der Waals surface area contributed by atoms with Crippen molar-refractivity contribution in [2.75, 3.05) is 18.7 Å². The van der Waals surface area contributed by atoms with E-state index < -0.39 is 17.4 Å². The number of carbonyl (C=O) groups excluding carboxylic acids is 2. The number of anilines is 1. The number of hydrogen-bond acceptors (Lipinski definition) is 6. The molecule has 120 valence electrons. The molecule has 0 radical (unpaired) electrons. The molecule has 0 bridgehead atoms. The maximum absolute atomic E-state index is 12.3. The van der Waals surface area contributed by atoms with E-state index in [0.717, 1.165) is 6.07 Å². The van der Waals surface area contributed by atoms with Crippen LogP contribution in [0, 0.1) is 0 Å². The molecule has 0 saturated carbocycles. The third kappa shape index (κ3) is 4.19. The summed E-state index contributed by atoms with van der Waals surface area (Å²) < 4.78 is 4.67. The van der Waals surface area contributed by atoms with Gasteiger partial charge >= 0.3 is 5.97 Å². The summed E-state index contributed by atoms with van der Waals surface area (Å²) in [5.41, 5.74) is 0.0864. The molecule has 0 spiro atoms. The third-order valence-corrected chi connectivity index (χ3v) is 3.45. The summed E-state index contributed by atoms with van der Waals surface area (Å²) in [6.07, 6.45) is 1.86. The van der Waals surface area contributed by atoms with Crippen molar-refractivity contribution < 1.29 is 14.3 Å². The molecule has 1 amide bonds. The first kappa shape index (κ1) is 16.8. The highest BCUT2D eigenvalue weighted by atomic mass is 32.2. The SMILES string of the molecule is COC(=O)c1ccccc1NC(=O)c1cc(=O)[nH]c(CSC)n1. The normalized spacial score (nSPS) is 10.2. The number of benzene rings is 1. The van der Waals surface area contributed by atoms with Crippen molar-refractivity contribution in [1.29, 1.82) is 0 Å². The lowest BCUT2D eigenvalue weighted by molar-refractivity contribution is 0.0602. The van der Waals surface area contributed by atoms with E-state index in [-0.39, 0.29) is 16.9 Å². The summed E-state index contributed by atoms with van der Waals surface area (Å²) in [7, 11) is 1.26. The number of nitrogens with one attached hydrogen (secondary N) is 2. The van der Waals surface area contributed by atoms with Crippen molar-refractivity contribution in [2.45, 2.75) is 5.75 Å². The van der Waals surface area contributed by atoms with Crippen molar-refractivity contribution in [2.24, 2.45) is 0 Å². The van der Waals surface area contributed by atoms with Crippen LogP contribution in [-0.2, 0) is 10.5 Å². The Balaban J connectivity index is 2.30. The van der Waals surface area contributed by atoms with Crippen molar-refractivity contribution >= 4 is 29.3 Å². The Morgan fingerprint density at radius 2 is 2.09 bits per heavy atom. The van der Waals surface area contributed by atoms with E-state index in [1.165, 1.54) is 24.9 Å². The molecule has 1 aromatic heterocycles. The van der Waals surface area contributed by atoms with Crippen LogP contribution in [0.25, 0.3) is 0 Å². The lowest BCUT2D eigenvalue weighted by atomic mass is 10.1. The Morgan fingerprint density at radius 3 is 2.78 bits per heavy atom. The molecule has 0 aliphatic carbocycles. The fourth-order valence-corrected chi connectivity index (χ4v) is 2.31. The molecule has 8 heteroatoms. The van der Waals surface area contributed by atoms with E-state index in [1.54, 1.807) is 18.2 Å². The van der Waals surface area contributed by atoms with Crippen LogP contribution < -0.4 is 10.9 Å². The maximum atomic E-state index is 12.3. The topological polar surface area (TPSA) is 101 Å². The van der Waals surface area contributed by atoms with E-state index in [1.807, 2.05) is 6.26 Å². The van der Waals surface area contributed by atoms with Crippen molar-refractivity contribution in [3.8, 4) is 0 Å². The van der Waals surface area contributed by atoms with Crippen LogP contribution in [0.3, 0.4) is 0 Å². The van der Waals surface area contributed by atoms with Crippen LogP contribution >= 0.6 is 11.8 Å². The van der Waals surface area contributed by atoms with Gasteiger partial charge in [-0.25, -0.2) is 9.78 Å². The zero-order valence-corrected chi connectivity index (χ0v) is 13.4. The van der Waals surface area contributed by atoms with Gasteiger partial charge < -0.3 is 15.0 Å². The van der Waals surface area contributed by atoms with Crippen LogP contribution in [0.4, 0.5) is 5.69 Å². The highest BCUT2D eigenvalue weighted by Gasteiger charge is 2.16. The number of aromatic amines is 1. The zero-order valence-electron chi connectivity index (χ0n) is 12.6. The van der Waals surface area contributed by atoms with Gasteiger partial charge in [0.2, 0.25) is 0 Å². The smallest absolute Gasteiger partial charge is 0.339 e. The summed E-state index contributed by atoms with van der Waals surface area (Å²) in [6, 6.07) is 7.54. The number of carbonyl (C=O) groups is 2. The van der Waals surface area contributed by atoms with Crippen molar-refractivity contribution in [1.82, 2.24) is 9.97 Å². The molecule has 2 N–H and O–H groups in total. The summed E-state index contributed by atoms with van der Waals surface area (Å²) in [5, 5.41) is 2.58. The van der Waals surface area contributed by atoms with Gasteiger partial charge in [-0.3, -0.25) is 9.59 Å². The number of rotatable bonds is 5. The monoisotopic (exact) mass is 333 g/mol. The van der Waals surface area contributed by atoms with Crippen molar-refractivity contribution in [3.05, 3.63) is 57.8 Å². The summed E-state index contributed by atoms with van der Waals surface area (Å²) >= 11 is 1.47. The molecular weight excluding hydrogens is 318 g/mol. The Kier molecular flexibility index (Phi) is 5.53. The number of methoxy groups -OCH3 is 1. The third-order valence-electron chi connectivity index (χ3n) is 2.88. The van der Waals surface area contributed by atoms with Crippen molar-refractivity contribution in [3.63, 3.8) is 0 Å². The second-order valence-corrected chi connectivity index (χ2v) is 5.37. The van der Waals surface area contributed by atoms with E-state index >= 15 is 0 Å². The average Bonchev–Trinajstić information content (AvgIpc) is 2.54. The standard InChI is InChI=1S/C15H15N3O4S/c1-22-15(21)9-5-3-4-6-10(9)17-14(20)11-7-13(19)18-12(16-11)8-23-2/h3-7H,8H2,1-2H3,(H,17,20)(H,16,18,19). The Morgan fingerprint density at radius 1 is 1.35 bits per heavy atom. The molecule has 0 fully saturated rings. The molecular formula is C15H15N3O4S. The fourth-order valence-electron chi connectivity index (χ4n) is 1.90. The summed E-state index contributed by atoms with van der Waals surface area (Å²) in [5.74, 6) is -0.246. The van der Waals surface area contributed by atoms with Gasteiger partial charge in [0.25, 0.3) is 11.5 Å². The number of para-hydroxylation sites is 1. The molecule has 0 saturated heterocycles. The predicted octanol–water partition coefficient (Wildman–Crippen LogP) is 1.67. The zero-order chi connectivity index (χ0) is 16.8. The van der Waals surface area contributed by atoms with Gasteiger partial charge in [0.05, 0.1) is 24.1 Å². The molecule has 2 rings (SSSR count). The van der Waals surface area contributed by atoms with Gasteiger partial charge in [-0.1, -0.05) is 12.1 Å². The van der Waals surface area contributed by atoms with Gasteiger partial charge in [-0.15, -0.1) is 0 Å². The van der Waals surface area contributed by atoms with Gasteiger partial charge in [-0.2, -0.15) is 11.8 Å². The minimum Gasteiger partial charge on any atom is -0.465 e. The first-order chi connectivity index (χ1) is 11.0. The molecule has 0 aliphatic heterocycles. The molecule has 1 heterocycles. The molecule has 7 nitrogen and oxygen atoms in total. The molecule has 0 atom stereocenters. The minimum absolute atomic E-state index is 0.0162. The van der Waals surface area contributed by atoms with E-state index in [2.05, 4.69) is 20.0 Å². The molecule has 0 unspecified atom stereocenters. The van der Waals surface area contributed by atoms with Crippen LogP contribution in [0.15, 0.2) is 35.1 Å². The summed E-state index contributed by atoms with van der Waals surface area (Å²) in [4.78, 5) is 42.3. The molecule has 0 aliphatic rings. The Hall–Kier alpha value is -2.61. The largest absolute Gasteiger partial charge is 0.465 e. The first-order valence-corrected chi connectivity index (χ1v) is 8.02. The van der Waals surface area contributed by atoms with Crippen LogP contribution in [0.5, 0.6) is 0 Å². The number of thioether (sulfide) groups is 1. The summed E-state index contributed by atoms with van der Waals surface area (Å²) in [6.45, 7) is 0. The van der Waals surface area contributed by atoms with Crippen LogP contribution in [0.1, 0.15) is 26.7 Å². The first-order valence-electron chi connectivity index (χ1n) is 6.63. The highest BCUT2D eigenvalue weighted by molar-refractivity contribution is 7.97. The minimum atomic E-state index is -0.574. The highest BCUT2D eigenvalue weighted by Crippen LogP contribution is 2.16. The lowest BCUT2D eigenvalue weighted by Gasteiger charge is -2.09. The maximum Gasteiger partial charge on any atom is 0.339 e. The molecule has 2 aromatic rings. The predicted molar refractivity (Wildman–Crippen MR) is 87.8 cm³/mol. The molecule has 1 aromatic carbocycles. The average molecular weight is 333 g/mol.